The van der Waals surface area contributed by atoms with Crippen LogP contribution in [0, 0.1) is 6.92 Å². The molecule has 1 aromatic carbocycles. The van der Waals surface area contributed by atoms with Crippen molar-refractivity contribution in [3.05, 3.63) is 64.9 Å². The van der Waals surface area contributed by atoms with Gasteiger partial charge in [0.2, 0.25) is 0 Å². The maximum Gasteiger partial charge on any atom is 0.416 e. The maximum atomic E-state index is 12.7. The Bertz CT molecular complexity index is 801. The van der Waals surface area contributed by atoms with Gasteiger partial charge in [-0.1, -0.05) is 18.2 Å². The Hall–Kier alpha value is -2.90. The largest absolute Gasteiger partial charge is 0.477 e. The van der Waals surface area contributed by atoms with E-state index in [1.165, 1.54) is 12.3 Å². The number of aryl methyl sites for hydroxylation is 1. The Balaban J connectivity index is 2.30. The molecule has 126 valence electrons. The molecule has 2 rings (SSSR count). The molecular formula is C16H14F3N3O2. The van der Waals surface area contributed by atoms with Gasteiger partial charge in [-0.25, -0.2) is 14.8 Å². The number of aliphatic carboxylic acids is 1. The highest BCUT2D eigenvalue weighted by molar-refractivity contribution is 6.13. The SMILES string of the molecule is Cc1nc(C(=CN)C(=O)O)ncc1Cc1cccc(C(F)(F)F)c1. The smallest absolute Gasteiger partial charge is 0.416 e. The normalized spacial score (nSPS) is 12.2. The molecule has 0 spiro atoms. The van der Waals surface area contributed by atoms with Crippen molar-refractivity contribution in [2.24, 2.45) is 5.73 Å². The van der Waals surface area contributed by atoms with Gasteiger partial charge >= 0.3 is 12.1 Å². The van der Waals surface area contributed by atoms with Gasteiger partial charge in [0.1, 0.15) is 5.57 Å². The summed E-state index contributed by atoms with van der Waals surface area (Å²) in [4.78, 5) is 19.0. The summed E-state index contributed by atoms with van der Waals surface area (Å²) < 4.78 is 38.2. The van der Waals surface area contributed by atoms with Crippen LogP contribution in [0.25, 0.3) is 5.57 Å². The molecular weight excluding hydrogens is 323 g/mol. The average molecular weight is 337 g/mol. The second kappa shape index (κ2) is 6.69. The van der Waals surface area contributed by atoms with Crippen LogP contribution >= 0.6 is 0 Å². The number of alkyl halides is 3. The monoisotopic (exact) mass is 337 g/mol. The van der Waals surface area contributed by atoms with Gasteiger partial charge in [-0.15, -0.1) is 0 Å². The van der Waals surface area contributed by atoms with Crippen LogP contribution in [-0.4, -0.2) is 21.0 Å². The first-order chi connectivity index (χ1) is 11.2. The van der Waals surface area contributed by atoms with Crippen LogP contribution in [0.3, 0.4) is 0 Å². The maximum absolute atomic E-state index is 12.7. The van der Waals surface area contributed by atoms with Gasteiger partial charge in [-0.2, -0.15) is 13.2 Å². The molecule has 1 heterocycles. The van der Waals surface area contributed by atoms with Gasteiger partial charge in [0, 0.05) is 24.5 Å². The van der Waals surface area contributed by atoms with Crippen LogP contribution in [0.2, 0.25) is 0 Å². The highest BCUT2D eigenvalue weighted by atomic mass is 19.4. The molecule has 0 aliphatic rings. The van der Waals surface area contributed by atoms with E-state index in [0.29, 0.717) is 16.8 Å². The summed E-state index contributed by atoms with van der Waals surface area (Å²) in [7, 11) is 0. The average Bonchev–Trinajstić information content (AvgIpc) is 2.50. The highest BCUT2D eigenvalue weighted by Crippen LogP contribution is 2.30. The van der Waals surface area contributed by atoms with E-state index in [9.17, 15) is 18.0 Å². The number of hydrogen-bond donors (Lipinski definition) is 2. The molecule has 24 heavy (non-hydrogen) atoms. The molecule has 5 nitrogen and oxygen atoms in total. The van der Waals surface area contributed by atoms with Crippen LogP contribution in [0.1, 0.15) is 28.2 Å². The molecule has 3 N–H and O–H groups in total. The third-order valence-corrected chi connectivity index (χ3v) is 3.37. The summed E-state index contributed by atoms with van der Waals surface area (Å²) in [5, 5.41) is 8.99. The summed E-state index contributed by atoms with van der Waals surface area (Å²) in [5.41, 5.74) is 5.79. The standard InChI is InChI=1S/C16H14F3N3O2/c1-9-11(8-21-14(22-9)13(7-20)15(23)24)5-10-3-2-4-12(6-10)16(17,18)19/h2-4,6-8H,5,20H2,1H3,(H,23,24). The van der Waals surface area contributed by atoms with E-state index in [2.05, 4.69) is 9.97 Å². The van der Waals surface area contributed by atoms with Crippen molar-refractivity contribution in [3.8, 4) is 0 Å². The van der Waals surface area contributed by atoms with Crippen molar-refractivity contribution in [2.75, 3.05) is 0 Å². The summed E-state index contributed by atoms with van der Waals surface area (Å²) in [6, 6.07) is 4.98. The van der Waals surface area contributed by atoms with E-state index in [0.717, 1.165) is 18.3 Å². The molecule has 0 radical (unpaired) electrons. The summed E-state index contributed by atoms with van der Waals surface area (Å²) >= 11 is 0. The quantitative estimate of drug-likeness (QED) is 0.838. The molecule has 0 aliphatic carbocycles. The molecule has 0 atom stereocenters. The van der Waals surface area contributed by atoms with E-state index >= 15 is 0 Å². The third kappa shape index (κ3) is 3.89. The lowest BCUT2D eigenvalue weighted by Gasteiger charge is -2.10. The minimum Gasteiger partial charge on any atom is -0.477 e. The number of carboxylic acid groups (broad SMARTS) is 1. The first kappa shape index (κ1) is 17.5. The number of nitrogens with two attached hydrogens (primary N) is 1. The summed E-state index contributed by atoms with van der Waals surface area (Å²) in [6.07, 6.45) is -1.92. The van der Waals surface area contributed by atoms with Gasteiger partial charge in [-0.3, -0.25) is 0 Å². The lowest BCUT2D eigenvalue weighted by Crippen LogP contribution is -2.09. The number of benzene rings is 1. The molecule has 1 aromatic heterocycles. The van der Waals surface area contributed by atoms with Crippen molar-refractivity contribution >= 4 is 11.5 Å². The fraction of sp³-hybridized carbons (Fsp3) is 0.188. The number of hydrogen-bond acceptors (Lipinski definition) is 4. The zero-order chi connectivity index (χ0) is 17.9. The molecule has 0 unspecified atom stereocenters. The fourth-order valence-electron chi connectivity index (χ4n) is 2.11. The van der Waals surface area contributed by atoms with E-state index in [-0.39, 0.29) is 17.8 Å². The van der Waals surface area contributed by atoms with Crippen molar-refractivity contribution in [3.63, 3.8) is 0 Å². The van der Waals surface area contributed by atoms with Crippen LogP contribution in [0.15, 0.2) is 36.7 Å². The molecule has 8 heteroatoms. The number of nitrogens with zero attached hydrogens (tertiary/aromatic N) is 2. The van der Waals surface area contributed by atoms with Crippen LogP contribution in [0.5, 0.6) is 0 Å². The fourth-order valence-corrected chi connectivity index (χ4v) is 2.11. The van der Waals surface area contributed by atoms with Crippen LogP contribution in [0.4, 0.5) is 13.2 Å². The third-order valence-electron chi connectivity index (χ3n) is 3.37. The number of halogens is 3. The second-order valence-corrected chi connectivity index (χ2v) is 5.06. The number of carboxylic acids is 1. The lowest BCUT2D eigenvalue weighted by molar-refractivity contribution is -0.137. The van der Waals surface area contributed by atoms with Gasteiger partial charge in [-0.05, 0) is 24.1 Å². The molecule has 0 amide bonds. The minimum absolute atomic E-state index is 0.0460. The molecule has 2 aromatic rings. The molecule has 0 saturated carbocycles. The van der Waals surface area contributed by atoms with Crippen LogP contribution < -0.4 is 5.73 Å². The predicted molar refractivity (Wildman–Crippen MR) is 80.8 cm³/mol. The topological polar surface area (TPSA) is 89.1 Å². The minimum atomic E-state index is -4.41. The first-order valence-electron chi connectivity index (χ1n) is 6.86. The van der Waals surface area contributed by atoms with Crippen molar-refractivity contribution < 1.29 is 23.1 Å². The number of rotatable bonds is 4. The Labute approximate surface area is 135 Å². The van der Waals surface area contributed by atoms with E-state index in [1.54, 1.807) is 13.0 Å². The van der Waals surface area contributed by atoms with Crippen LogP contribution in [-0.2, 0) is 17.4 Å². The zero-order valence-corrected chi connectivity index (χ0v) is 12.6. The second-order valence-electron chi connectivity index (χ2n) is 5.06. The zero-order valence-electron chi connectivity index (χ0n) is 12.6. The molecule has 0 saturated heterocycles. The van der Waals surface area contributed by atoms with Gasteiger partial charge in [0.05, 0.1) is 5.56 Å². The highest BCUT2D eigenvalue weighted by Gasteiger charge is 2.30. The van der Waals surface area contributed by atoms with E-state index in [1.807, 2.05) is 0 Å². The lowest BCUT2D eigenvalue weighted by atomic mass is 10.0. The Morgan fingerprint density at radius 3 is 2.62 bits per heavy atom. The van der Waals surface area contributed by atoms with Crippen molar-refractivity contribution in [1.29, 1.82) is 0 Å². The Morgan fingerprint density at radius 1 is 1.38 bits per heavy atom. The Morgan fingerprint density at radius 2 is 2.08 bits per heavy atom. The molecule has 0 bridgehead atoms. The van der Waals surface area contributed by atoms with E-state index in [4.69, 9.17) is 10.8 Å². The Kier molecular flexibility index (Phi) is 4.87. The van der Waals surface area contributed by atoms with Gasteiger partial charge < -0.3 is 10.8 Å². The van der Waals surface area contributed by atoms with Gasteiger partial charge in [0.25, 0.3) is 0 Å². The number of aromatic nitrogens is 2. The van der Waals surface area contributed by atoms with E-state index < -0.39 is 17.7 Å². The van der Waals surface area contributed by atoms with Gasteiger partial charge in [0.15, 0.2) is 5.82 Å². The molecule has 0 aliphatic heterocycles. The summed E-state index contributed by atoms with van der Waals surface area (Å²) in [6.45, 7) is 1.63. The molecule has 0 fully saturated rings. The van der Waals surface area contributed by atoms with Crippen molar-refractivity contribution in [2.45, 2.75) is 19.5 Å². The van der Waals surface area contributed by atoms with Crippen molar-refractivity contribution in [1.82, 2.24) is 9.97 Å². The summed E-state index contributed by atoms with van der Waals surface area (Å²) in [5.74, 6) is -1.31. The predicted octanol–water partition coefficient (Wildman–Crippen LogP) is 2.78. The first-order valence-corrected chi connectivity index (χ1v) is 6.86. The number of carbonyl (C=O) groups is 1.